The summed E-state index contributed by atoms with van der Waals surface area (Å²) in [6.07, 6.45) is 3.03. The van der Waals surface area contributed by atoms with Crippen LogP contribution >= 0.6 is 0 Å². The fraction of sp³-hybridized carbons (Fsp3) is 0.0667. The topological polar surface area (TPSA) is 79.9 Å². The number of nitrogens with one attached hydrogen (secondary N) is 1. The van der Waals surface area contributed by atoms with Crippen LogP contribution in [0.4, 0.5) is 5.69 Å². The highest BCUT2D eigenvalue weighted by Crippen LogP contribution is 2.34. The molecule has 0 fully saturated rings. The number of rotatable bonds is 4. The van der Waals surface area contributed by atoms with E-state index in [9.17, 15) is 10.3 Å². The number of quaternary nitrogens is 1. The van der Waals surface area contributed by atoms with Crippen molar-refractivity contribution in [3.63, 3.8) is 0 Å². The Hall–Kier alpha value is -2.50. The van der Waals surface area contributed by atoms with Crippen molar-refractivity contribution < 1.29 is 20.0 Å². The standard InChI is InChI=1S/C15H15NO4/c1-20-14-10-12(17)9-13(18)15(14)16(19)8-7-11-5-3-2-4-6-11/h2-10,16-18H,1H3/p+1/b8-7+. The molecule has 0 saturated heterocycles. The summed E-state index contributed by atoms with van der Waals surface area (Å²) < 4.78 is 5.05. The highest BCUT2D eigenvalue weighted by Gasteiger charge is 2.18. The zero-order valence-corrected chi connectivity index (χ0v) is 11.0. The second-order valence-electron chi connectivity index (χ2n) is 4.18. The monoisotopic (exact) mass is 274 g/mol. The van der Waals surface area contributed by atoms with E-state index in [2.05, 4.69) is 0 Å². The van der Waals surface area contributed by atoms with Crippen LogP contribution in [0, 0.1) is 5.21 Å². The fourth-order valence-corrected chi connectivity index (χ4v) is 1.83. The molecule has 5 nitrogen and oxygen atoms in total. The third kappa shape index (κ3) is 3.09. The Labute approximate surface area is 116 Å². The molecule has 5 heteroatoms. The zero-order valence-electron chi connectivity index (χ0n) is 11.0. The smallest absolute Gasteiger partial charge is 0.261 e. The van der Waals surface area contributed by atoms with Crippen molar-refractivity contribution in [1.82, 2.24) is 0 Å². The Morgan fingerprint density at radius 3 is 2.60 bits per heavy atom. The van der Waals surface area contributed by atoms with E-state index in [1.165, 1.54) is 25.4 Å². The summed E-state index contributed by atoms with van der Waals surface area (Å²) in [6, 6.07) is 12.0. The van der Waals surface area contributed by atoms with E-state index < -0.39 is 0 Å². The lowest BCUT2D eigenvalue weighted by Gasteiger charge is -2.19. The average molecular weight is 274 g/mol. The van der Waals surface area contributed by atoms with Gasteiger partial charge in [-0.1, -0.05) is 30.3 Å². The van der Waals surface area contributed by atoms with E-state index in [-0.39, 0.29) is 28.0 Å². The summed E-state index contributed by atoms with van der Waals surface area (Å²) in [7, 11) is 1.39. The van der Waals surface area contributed by atoms with Crippen molar-refractivity contribution in [2.24, 2.45) is 0 Å². The minimum Gasteiger partial charge on any atom is -0.624 e. The van der Waals surface area contributed by atoms with E-state index in [1.54, 1.807) is 6.08 Å². The van der Waals surface area contributed by atoms with Gasteiger partial charge < -0.3 is 25.2 Å². The van der Waals surface area contributed by atoms with Crippen molar-refractivity contribution in [1.29, 1.82) is 0 Å². The molecule has 2 aromatic rings. The molecule has 20 heavy (non-hydrogen) atoms. The third-order valence-electron chi connectivity index (χ3n) is 2.77. The number of methoxy groups -OCH3 is 1. The Balaban J connectivity index is 2.30. The molecular formula is C15H16NO4+. The number of hydrogen-bond acceptors (Lipinski definition) is 3. The van der Waals surface area contributed by atoms with Crippen LogP contribution in [-0.2, 0) is 0 Å². The molecule has 1 unspecified atom stereocenters. The predicted molar refractivity (Wildman–Crippen MR) is 77.2 cm³/mol. The molecule has 4 N–H and O–H groups in total. The molecule has 0 heterocycles. The highest BCUT2D eigenvalue weighted by molar-refractivity contribution is 5.60. The van der Waals surface area contributed by atoms with Gasteiger partial charge >= 0.3 is 0 Å². The maximum atomic E-state index is 12.1. The molecule has 0 amide bonds. The molecule has 2 aromatic carbocycles. The molecule has 0 spiro atoms. The Morgan fingerprint density at radius 1 is 1.25 bits per heavy atom. The van der Waals surface area contributed by atoms with Gasteiger partial charge in [-0.25, -0.2) is 0 Å². The van der Waals surface area contributed by atoms with Crippen molar-refractivity contribution in [2.45, 2.75) is 0 Å². The van der Waals surface area contributed by atoms with Gasteiger partial charge in [0, 0.05) is 0 Å². The van der Waals surface area contributed by atoms with Crippen LogP contribution in [0.5, 0.6) is 17.2 Å². The van der Waals surface area contributed by atoms with Gasteiger partial charge in [0.2, 0.25) is 5.69 Å². The number of phenols is 1. The minimum absolute atomic E-state index is 0.0654. The number of aromatic hydroxyl groups is 1. The first-order valence-corrected chi connectivity index (χ1v) is 6.02. The summed E-state index contributed by atoms with van der Waals surface area (Å²) in [6.45, 7) is 0. The maximum Gasteiger partial charge on any atom is 0.261 e. The summed E-state index contributed by atoms with van der Waals surface area (Å²) >= 11 is 0. The van der Waals surface area contributed by atoms with Crippen LogP contribution in [0.15, 0.2) is 48.7 Å². The van der Waals surface area contributed by atoms with Crippen LogP contribution in [0.2, 0.25) is 0 Å². The number of benzene rings is 2. The lowest BCUT2D eigenvalue weighted by molar-refractivity contribution is -0.713. The Bertz CT molecular complexity index is 611. The number of hydroxylamine groups is 1. The largest absolute Gasteiger partial charge is 0.624 e. The Kier molecular flexibility index (Phi) is 4.24. The van der Waals surface area contributed by atoms with Crippen molar-refractivity contribution >= 4 is 11.8 Å². The Morgan fingerprint density at radius 2 is 1.95 bits per heavy atom. The van der Waals surface area contributed by atoms with Gasteiger partial charge in [-0.2, -0.15) is 0 Å². The fourth-order valence-electron chi connectivity index (χ4n) is 1.83. The van der Waals surface area contributed by atoms with Gasteiger partial charge in [-0.05, 0) is 11.6 Å². The van der Waals surface area contributed by atoms with E-state index in [1.807, 2.05) is 30.3 Å². The van der Waals surface area contributed by atoms with E-state index in [0.29, 0.717) is 0 Å². The normalized spacial score (nSPS) is 12.5. The molecule has 0 saturated carbocycles. The summed E-state index contributed by atoms with van der Waals surface area (Å²) in [5.41, 5.74) is 0.951. The maximum absolute atomic E-state index is 12.1. The first-order chi connectivity index (χ1) is 9.61. The summed E-state index contributed by atoms with van der Waals surface area (Å²) in [4.78, 5) is 0. The van der Waals surface area contributed by atoms with Gasteiger partial charge in [0.15, 0.2) is 11.5 Å². The van der Waals surface area contributed by atoms with Crippen molar-refractivity contribution in [3.05, 3.63) is 59.4 Å². The second kappa shape index (κ2) is 6.10. The molecule has 0 bridgehead atoms. The first-order valence-electron chi connectivity index (χ1n) is 6.02. The highest BCUT2D eigenvalue weighted by atomic mass is 16.5. The number of ether oxygens (including phenoxy) is 1. The first kappa shape index (κ1) is 13.9. The molecule has 0 aliphatic heterocycles. The molecule has 2 rings (SSSR count). The van der Waals surface area contributed by atoms with Gasteiger partial charge in [0.25, 0.3) is 5.75 Å². The minimum atomic E-state index is -0.372. The predicted octanol–water partition coefficient (Wildman–Crippen LogP) is 1.52. The number of phenolic OH excluding ortho intramolecular Hbond substituents is 1. The number of hydrogen-bond donors (Lipinski definition) is 2. The molecule has 0 aromatic heterocycles. The zero-order chi connectivity index (χ0) is 14.5. The van der Waals surface area contributed by atoms with Gasteiger partial charge in [0.05, 0.1) is 19.2 Å². The molecule has 1 atom stereocenters. The van der Waals surface area contributed by atoms with Gasteiger partial charge in [-0.15, -0.1) is 0 Å². The van der Waals surface area contributed by atoms with E-state index in [0.717, 1.165) is 5.56 Å². The van der Waals surface area contributed by atoms with Crippen LogP contribution in [-0.4, -0.2) is 17.3 Å². The second-order valence-corrected chi connectivity index (χ2v) is 4.18. The lowest BCUT2D eigenvalue weighted by atomic mass is 10.2. The average Bonchev–Trinajstić information content (AvgIpc) is 2.45. The van der Waals surface area contributed by atoms with Crippen molar-refractivity contribution in [3.8, 4) is 17.2 Å². The molecule has 0 radical (unpaired) electrons. The molecule has 0 aliphatic rings. The van der Waals surface area contributed by atoms with E-state index >= 15 is 0 Å². The molecule has 0 aliphatic carbocycles. The third-order valence-corrected chi connectivity index (χ3v) is 2.77. The van der Waals surface area contributed by atoms with Crippen molar-refractivity contribution in [2.75, 3.05) is 7.11 Å². The van der Waals surface area contributed by atoms with Gasteiger partial charge in [-0.3, -0.25) is 0 Å². The van der Waals surface area contributed by atoms with Crippen LogP contribution in [0.3, 0.4) is 0 Å². The molecule has 104 valence electrons. The molecular weight excluding hydrogens is 258 g/mol. The quantitative estimate of drug-likeness (QED) is 0.504. The van der Waals surface area contributed by atoms with Crippen LogP contribution in [0.25, 0.3) is 6.08 Å². The summed E-state index contributed by atoms with van der Waals surface area (Å²) in [5, 5.41) is 29.1. The van der Waals surface area contributed by atoms with Crippen LogP contribution in [0.1, 0.15) is 5.56 Å². The lowest BCUT2D eigenvalue weighted by Crippen LogP contribution is -2.96. The van der Waals surface area contributed by atoms with Gasteiger partial charge in [0.1, 0.15) is 6.20 Å². The van der Waals surface area contributed by atoms with Crippen LogP contribution < -0.4 is 9.80 Å². The SMILES string of the molecule is COc1cc([OH2+])cc(O)c1[NH+]([O-])/C=C/c1ccccc1. The summed E-state index contributed by atoms with van der Waals surface area (Å²) in [5.74, 6) is 0.0257. The van der Waals surface area contributed by atoms with E-state index in [4.69, 9.17) is 9.84 Å².